The molecule has 7 heteroatoms. The molecule has 0 fully saturated rings. The summed E-state index contributed by atoms with van der Waals surface area (Å²) in [6.07, 6.45) is 1.73. The first kappa shape index (κ1) is 19.3. The molecule has 144 valence electrons. The molecule has 1 aromatic heterocycles. The maximum absolute atomic E-state index is 13.6. The van der Waals surface area contributed by atoms with Crippen LogP contribution in [0.1, 0.15) is 21.6 Å². The summed E-state index contributed by atoms with van der Waals surface area (Å²) in [4.78, 5) is 20.5. The Morgan fingerprint density at radius 2 is 1.82 bits per heavy atom. The van der Waals surface area contributed by atoms with Gasteiger partial charge in [0.25, 0.3) is 5.91 Å². The van der Waals surface area contributed by atoms with Crippen molar-refractivity contribution in [1.29, 1.82) is 0 Å². The Labute approximate surface area is 162 Å². The van der Waals surface area contributed by atoms with Crippen LogP contribution in [0.3, 0.4) is 0 Å². The van der Waals surface area contributed by atoms with Crippen LogP contribution in [-0.2, 0) is 13.0 Å². The van der Waals surface area contributed by atoms with Gasteiger partial charge in [-0.2, -0.15) is 0 Å². The van der Waals surface area contributed by atoms with Crippen molar-refractivity contribution in [2.75, 3.05) is 19.0 Å². The molecule has 28 heavy (non-hydrogen) atoms. The average molecular weight is 380 g/mol. The van der Waals surface area contributed by atoms with E-state index in [1.807, 2.05) is 24.3 Å². The molecule has 0 aliphatic heterocycles. The largest absolute Gasteiger partial charge is 0.496 e. The molecule has 0 radical (unpaired) electrons. The fourth-order valence-corrected chi connectivity index (χ4v) is 2.72. The van der Waals surface area contributed by atoms with Crippen LogP contribution in [0, 0.1) is 5.82 Å². The molecular formula is C21H21FN4O2. The number of carbonyl (C=O) groups excluding carboxylic acids is 1. The smallest absolute Gasteiger partial charge is 0.270 e. The van der Waals surface area contributed by atoms with Crippen molar-refractivity contribution >= 4 is 11.7 Å². The quantitative estimate of drug-likeness (QED) is 0.628. The number of rotatable bonds is 8. The second kappa shape index (κ2) is 9.45. The number of carbonyl (C=O) groups is 1. The Morgan fingerprint density at radius 3 is 2.61 bits per heavy atom. The van der Waals surface area contributed by atoms with Crippen LogP contribution in [0.25, 0.3) is 0 Å². The van der Waals surface area contributed by atoms with E-state index in [0.29, 0.717) is 30.9 Å². The summed E-state index contributed by atoms with van der Waals surface area (Å²) in [6.45, 7) is 0.809. The summed E-state index contributed by atoms with van der Waals surface area (Å²) in [6, 6.07) is 15.7. The lowest BCUT2D eigenvalue weighted by atomic mass is 10.1. The third-order valence-corrected chi connectivity index (χ3v) is 4.19. The van der Waals surface area contributed by atoms with E-state index in [1.54, 1.807) is 31.4 Å². The van der Waals surface area contributed by atoms with Crippen LogP contribution in [0.15, 0.2) is 60.9 Å². The zero-order valence-electron chi connectivity index (χ0n) is 15.5. The number of ether oxygens (including phenoxy) is 1. The summed E-state index contributed by atoms with van der Waals surface area (Å²) in [5, 5.41) is 5.91. The number of amides is 1. The van der Waals surface area contributed by atoms with Crippen LogP contribution >= 0.6 is 0 Å². The lowest BCUT2D eigenvalue weighted by Crippen LogP contribution is -2.27. The summed E-state index contributed by atoms with van der Waals surface area (Å²) in [5.41, 5.74) is 1.77. The Hall–Kier alpha value is -3.48. The molecule has 0 unspecified atom stereocenters. The number of nitrogens with zero attached hydrogens (tertiary/aromatic N) is 2. The van der Waals surface area contributed by atoms with Gasteiger partial charge in [-0.25, -0.2) is 14.4 Å². The predicted molar refractivity (Wildman–Crippen MR) is 105 cm³/mol. The van der Waals surface area contributed by atoms with Crippen molar-refractivity contribution in [3.05, 3.63) is 83.6 Å². The maximum atomic E-state index is 13.6. The Balaban J connectivity index is 1.56. The second-order valence-corrected chi connectivity index (χ2v) is 6.05. The molecule has 3 rings (SSSR count). The third-order valence-electron chi connectivity index (χ3n) is 4.19. The van der Waals surface area contributed by atoms with Crippen LogP contribution in [0.4, 0.5) is 10.2 Å². The van der Waals surface area contributed by atoms with E-state index in [0.717, 1.165) is 11.3 Å². The van der Waals surface area contributed by atoms with Crippen LogP contribution in [0.5, 0.6) is 5.75 Å². The van der Waals surface area contributed by atoms with E-state index in [9.17, 15) is 9.18 Å². The second-order valence-electron chi connectivity index (χ2n) is 6.05. The van der Waals surface area contributed by atoms with E-state index in [4.69, 9.17) is 4.74 Å². The van der Waals surface area contributed by atoms with Gasteiger partial charge in [0, 0.05) is 24.7 Å². The van der Waals surface area contributed by atoms with Gasteiger partial charge >= 0.3 is 0 Å². The van der Waals surface area contributed by atoms with Crippen molar-refractivity contribution < 1.29 is 13.9 Å². The van der Waals surface area contributed by atoms with Crippen molar-refractivity contribution in [2.45, 2.75) is 13.0 Å². The first-order valence-electron chi connectivity index (χ1n) is 8.87. The molecule has 0 saturated carbocycles. The molecule has 0 aliphatic rings. The Kier molecular flexibility index (Phi) is 6.51. The average Bonchev–Trinajstić information content (AvgIpc) is 2.74. The molecule has 6 nitrogen and oxygen atoms in total. The van der Waals surface area contributed by atoms with E-state index >= 15 is 0 Å². The highest BCUT2D eigenvalue weighted by atomic mass is 19.1. The highest BCUT2D eigenvalue weighted by Gasteiger charge is 2.10. The zero-order valence-corrected chi connectivity index (χ0v) is 15.5. The summed E-state index contributed by atoms with van der Waals surface area (Å²) >= 11 is 0. The molecule has 0 saturated heterocycles. The van der Waals surface area contributed by atoms with Gasteiger partial charge in [-0.05, 0) is 24.1 Å². The number of anilines is 1. The van der Waals surface area contributed by atoms with Crippen LogP contribution in [0.2, 0.25) is 0 Å². The van der Waals surface area contributed by atoms with Crippen molar-refractivity contribution in [1.82, 2.24) is 15.3 Å². The van der Waals surface area contributed by atoms with Gasteiger partial charge in [0.1, 0.15) is 29.4 Å². The summed E-state index contributed by atoms with van der Waals surface area (Å²) in [5.74, 6) is 0.691. The third kappa shape index (κ3) is 5.03. The van der Waals surface area contributed by atoms with Crippen molar-refractivity contribution in [3.63, 3.8) is 0 Å². The molecule has 0 spiro atoms. The summed E-state index contributed by atoms with van der Waals surface area (Å²) in [7, 11) is 1.62. The van der Waals surface area contributed by atoms with Crippen LogP contribution < -0.4 is 15.4 Å². The number of hydrogen-bond donors (Lipinski definition) is 2. The summed E-state index contributed by atoms with van der Waals surface area (Å²) < 4.78 is 18.9. The first-order valence-corrected chi connectivity index (χ1v) is 8.87. The molecular weight excluding hydrogens is 359 g/mol. The standard InChI is InChI=1S/C21H21FN4O2/c1-28-19-9-5-3-7-16(19)13-24-20-12-18(25-14-26-20)21(27)23-11-10-15-6-2-4-8-17(15)22/h2-9,12,14H,10-11,13H2,1H3,(H,23,27)(H,24,25,26). The Bertz CT molecular complexity index is 949. The number of nitrogens with one attached hydrogen (secondary N) is 2. The number of halogens is 1. The number of aromatic nitrogens is 2. The molecule has 1 amide bonds. The van der Waals surface area contributed by atoms with E-state index in [1.165, 1.54) is 12.4 Å². The number of hydrogen-bond acceptors (Lipinski definition) is 5. The van der Waals surface area contributed by atoms with E-state index in [2.05, 4.69) is 20.6 Å². The molecule has 2 N–H and O–H groups in total. The normalized spacial score (nSPS) is 10.4. The minimum absolute atomic E-state index is 0.242. The highest BCUT2D eigenvalue weighted by Crippen LogP contribution is 2.18. The van der Waals surface area contributed by atoms with Gasteiger partial charge in [0.15, 0.2) is 0 Å². The Morgan fingerprint density at radius 1 is 1.07 bits per heavy atom. The molecule has 3 aromatic rings. The van der Waals surface area contributed by atoms with Crippen LogP contribution in [-0.4, -0.2) is 29.5 Å². The monoisotopic (exact) mass is 380 g/mol. The van der Waals surface area contributed by atoms with Gasteiger partial charge in [-0.1, -0.05) is 36.4 Å². The highest BCUT2D eigenvalue weighted by molar-refractivity contribution is 5.92. The molecule has 0 bridgehead atoms. The topological polar surface area (TPSA) is 76.1 Å². The van der Waals surface area contributed by atoms with Gasteiger partial charge in [0.2, 0.25) is 0 Å². The van der Waals surface area contributed by atoms with Crippen molar-refractivity contribution in [3.8, 4) is 5.75 Å². The van der Waals surface area contributed by atoms with Gasteiger partial charge in [-0.15, -0.1) is 0 Å². The number of para-hydroxylation sites is 1. The van der Waals surface area contributed by atoms with Gasteiger partial charge in [-0.3, -0.25) is 4.79 Å². The van der Waals surface area contributed by atoms with E-state index in [-0.39, 0.29) is 17.4 Å². The molecule has 0 aliphatic carbocycles. The fourth-order valence-electron chi connectivity index (χ4n) is 2.72. The number of methoxy groups -OCH3 is 1. The first-order chi connectivity index (χ1) is 13.7. The van der Waals surface area contributed by atoms with Gasteiger partial charge < -0.3 is 15.4 Å². The van der Waals surface area contributed by atoms with E-state index < -0.39 is 0 Å². The molecule has 2 aromatic carbocycles. The molecule has 0 atom stereocenters. The molecule has 1 heterocycles. The lowest BCUT2D eigenvalue weighted by molar-refractivity contribution is 0.0949. The SMILES string of the molecule is COc1ccccc1CNc1cc(C(=O)NCCc2ccccc2F)ncn1. The number of benzene rings is 2. The zero-order chi connectivity index (χ0) is 19.8. The maximum Gasteiger partial charge on any atom is 0.270 e. The minimum atomic E-state index is -0.334. The van der Waals surface area contributed by atoms with Gasteiger partial charge in [0.05, 0.1) is 7.11 Å². The minimum Gasteiger partial charge on any atom is -0.496 e. The van der Waals surface area contributed by atoms with Crippen molar-refractivity contribution in [2.24, 2.45) is 0 Å². The predicted octanol–water partition coefficient (Wildman–Crippen LogP) is 3.21. The lowest BCUT2D eigenvalue weighted by Gasteiger charge is -2.10. The fraction of sp³-hybridized carbons (Fsp3) is 0.190.